The summed E-state index contributed by atoms with van der Waals surface area (Å²) in [5.41, 5.74) is 1.42. The van der Waals surface area contributed by atoms with E-state index in [1.165, 1.54) is 23.9 Å². The largest absolute Gasteiger partial charge is 0.463 e. The monoisotopic (exact) mass is 375 g/mol. The SMILES string of the molecule is CCOC(=O)C1=C(C)Nc2nc(SC)nn2[C@H]1c1cccc([N+](=O)[O-])c1. The third kappa shape index (κ3) is 3.15. The second-order valence-corrected chi connectivity index (χ2v) is 6.28. The second kappa shape index (κ2) is 7.16. The molecule has 0 bridgehead atoms. The van der Waals surface area contributed by atoms with Crippen LogP contribution in [0.3, 0.4) is 0 Å². The van der Waals surface area contributed by atoms with E-state index >= 15 is 0 Å². The number of nitrogens with one attached hydrogen (secondary N) is 1. The third-order valence-corrected chi connectivity index (χ3v) is 4.45. The van der Waals surface area contributed by atoms with Crippen LogP contribution in [0.5, 0.6) is 0 Å². The number of anilines is 1. The highest BCUT2D eigenvalue weighted by molar-refractivity contribution is 7.98. The molecule has 0 saturated carbocycles. The number of nitro benzene ring substituents is 1. The summed E-state index contributed by atoms with van der Waals surface area (Å²) >= 11 is 1.36. The lowest BCUT2D eigenvalue weighted by Gasteiger charge is -2.27. The van der Waals surface area contributed by atoms with Crippen LogP contribution in [-0.2, 0) is 9.53 Å². The number of carbonyl (C=O) groups is 1. The van der Waals surface area contributed by atoms with Crippen LogP contribution in [0.1, 0.15) is 25.5 Å². The number of esters is 1. The van der Waals surface area contributed by atoms with Crippen molar-refractivity contribution in [2.45, 2.75) is 25.0 Å². The van der Waals surface area contributed by atoms with Gasteiger partial charge in [0.25, 0.3) is 5.69 Å². The highest BCUT2D eigenvalue weighted by atomic mass is 32.2. The summed E-state index contributed by atoms with van der Waals surface area (Å²) in [6.07, 6.45) is 1.84. The summed E-state index contributed by atoms with van der Waals surface area (Å²) in [6, 6.07) is 5.48. The number of nitro groups is 1. The molecule has 1 atom stereocenters. The van der Waals surface area contributed by atoms with Gasteiger partial charge in [0.15, 0.2) is 0 Å². The van der Waals surface area contributed by atoms with Gasteiger partial charge in [-0.1, -0.05) is 23.9 Å². The van der Waals surface area contributed by atoms with Crippen LogP contribution in [0.2, 0.25) is 0 Å². The Morgan fingerprint density at radius 2 is 2.27 bits per heavy atom. The summed E-state index contributed by atoms with van der Waals surface area (Å²) in [5.74, 6) is -0.0303. The Labute approximate surface area is 153 Å². The highest BCUT2D eigenvalue weighted by Crippen LogP contribution is 2.37. The van der Waals surface area contributed by atoms with E-state index in [0.717, 1.165) is 0 Å². The van der Waals surface area contributed by atoms with Crippen molar-refractivity contribution in [3.8, 4) is 0 Å². The molecule has 1 aromatic heterocycles. The van der Waals surface area contributed by atoms with Crippen molar-refractivity contribution in [1.29, 1.82) is 0 Å². The summed E-state index contributed by atoms with van der Waals surface area (Å²) in [5, 5.41) is 19.2. The summed E-state index contributed by atoms with van der Waals surface area (Å²) in [4.78, 5) is 27.6. The molecule has 9 nitrogen and oxygen atoms in total. The van der Waals surface area contributed by atoms with Crippen molar-refractivity contribution in [3.05, 3.63) is 51.2 Å². The van der Waals surface area contributed by atoms with E-state index in [4.69, 9.17) is 4.74 Å². The van der Waals surface area contributed by atoms with Crippen molar-refractivity contribution < 1.29 is 14.5 Å². The average molecular weight is 375 g/mol. The van der Waals surface area contributed by atoms with Gasteiger partial charge in [0.2, 0.25) is 11.1 Å². The minimum absolute atomic E-state index is 0.0614. The zero-order chi connectivity index (χ0) is 18.8. The minimum Gasteiger partial charge on any atom is -0.463 e. The van der Waals surface area contributed by atoms with Crippen molar-refractivity contribution in [2.24, 2.45) is 0 Å². The molecule has 136 valence electrons. The van der Waals surface area contributed by atoms with E-state index in [0.29, 0.717) is 27.9 Å². The Morgan fingerprint density at radius 1 is 1.50 bits per heavy atom. The van der Waals surface area contributed by atoms with Gasteiger partial charge in [-0.2, -0.15) is 4.98 Å². The van der Waals surface area contributed by atoms with Crippen LogP contribution >= 0.6 is 11.8 Å². The van der Waals surface area contributed by atoms with E-state index in [2.05, 4.69) is 15.4 Å². The molecule has 0 fully saturated rings. The first-order valence-corrected chi connectivity index (χ1v) is 9.08. The summed E-state index contributed by atoms with van der Waals surface area (Å²) in [7, 11) is 0. The molecule has 1 aliphatic rings. The van der Waals surface area contributed by atoms with Crippen LogP contribution in [0, 0.1) is 10.1 Å². The first kappa shape index (κ1) is 17.9. The minimum atomic E-state index is -0.668. The number of allylic oxidation sites excluding steroid dienone is 1. The van der Waals surface area contributed by atoms with Gasteiger partial charge in [-0.25, -0.2) is 9.48 Å². The maximum absolute atomic E-state index is 12.6. The summed E-state index contributed by atoms with van der Waals surface area (Å²) < 4.78 is 6.75. The Morgan fingerprint density at radius 3 is 2.92 bits per heavy atom. The predicted octanol–water partition coefficient (Wildman–Crippen LogP) is 2.76. The van der Waals surface area contributed by atoms with Crippen molar-refractivity contribution in [3.63, 3.8) is 0 Å². The quantitative estimate of drug-likeness (QED) is 0.367. The number of benzene rings is 1. The van der Waals surface area contributed by atoms with Gasteiger partial charge in [0, 0.05) is 17.8 Å². The summed E-state index contributed by atoms with van der Waals surface area (Å²) in [6.45, 7) is 3.68. The number of hydrogen-bond donors (Lipinski definition) is 1. The smallest absolute Gasteiger partial charge is 0.338 e. The molecular weight excluding hydrogens is 358 g/mol. The Kier molecular flexibility index (Phi) is 4.94. The maximum Gasteiger partial charge on any atom is 0.338 e. The van der Waals surface area contributed by atoms with Crippen LogP contribution in [-0.4, -0.2) is 38.5 Å². The fourth-order valence-electron chi connectivity index (χ4n) is 2.81. The zero-order valence-electron chi connectivity index (χ0n) is 14.4. The maximum atomic E-state index is 12.6. The van der Waals surface area contributed by atoms with Gasteiger partial charge in [0.1, 0.15) is 6.04 Å². The molecule has 0 aliphatic carbocycles. The molecule has 1 aliphatic heterocycles. The molecule has 0 saturated heterocycles. The third-order valence-electron chi connectivity index (χ3n) is 3.91. The lowest BCUT2D eigenvalue weighted by Crippen LogP contribution is -2.29. The number of fused-ring (bicyclic) bond motifs is 1. The molecular formula is C16H17N5O4S. The van der Waals surface area contributed by atoms with Crippen LogP contribution in [0.25, 0.3) is 0 Å². The molecule has 10 heteroatoms. The molecule has 1 aromatic carbocycles. The zero-order valence-corrected chi connectivity index (χ0v) is 15.2. The molecule has 0 radical (unpaired) electrons. The van der Waals surface area contributed by atoms with Crippen LogP contribution < -0.4 is 5.32 Å². The number of aromatic nitrogens is 3. The van der Waals surface area contributed by atoms with E-state index < -0.39 is 16.9 Å². The molecule has 2 heterocycles. The highest BCUT2D eigenvalue weighted by Gasteiger charge is 2.35. The first-order valence-electron chi connectivity index (χ1n) is 7.86. The van der Waals surface area contributed by atoms with Crippen molar-refractivity contribution >= 4 is 29.4 Å². The number of thioether (sulfide) groups is 1. The molecule has 0 spiro atoms. The Hall–Kier alpha value is -2.88. The van der Waals surface area contributed by atoms with E-state index in [1.807, 2.05) is 6.26 Å². The predicted molar refractivity (Wildman–Crippen MR) is 96.0 cm³/mol. The van der Waals surface area contributed by atoms with E-state index in [-0.39, 0.29) is 12.3 Å². The fourth-order valence-corrected chi connectivity index (χ4v) is 3.16. The fraction of sp³-hybridized carbons (Fsp3) is 0.312. The first-order chi connectivity index (χ1) is 12.5. The van der Waals surface area contributed by atoms with Crippen LogP contribution in [0.15, 0.2) is 40.7 Å². The number of hydrogen-bond acceptors (Lipinski definition) is 8. The Balaban J connectivity index is 2.19. The van der Waals surface area contributed by atoms with Gasteiger partial charge < -0.3 is 10.1 Å². The van der Waals surface area contributed by atoms with Crippen molar-refractivity contribution in [1.82, 2.24) is 14.8 Å². The molecule has 2 aromatic rings. The van der Waals surface area contributed by atoms with Crippen molar-refractivity contribution in [2.75, 3.05) is 18.2 Å². The average Bonchev–Trinajstić information content (AvgIpc) is 3.03. The molecule has 0 unspecified atom stereocenters. The normalized spacial score (nSPS) is 16.0. The molecule has 26 heavy (non-hydrogen) atoms. The van der Waals surface area contributed by atoms with Gasteiger partial charge >= 0.3 is 5.97 Å². The Bertz CT molecular complexity index is 908. The number of carbonyl (C=O) groups excluding carboxylic acids is 1. The number of non-ortho nitro benzene ring substituents is 1. The topological polar surface area (TPSA) is 112 Å². The van der Waals surface area contributed by atoms with Gasteiger partial charge in [-0.05, 0) is 25.7 Å². The van der Waals surface area contributed by atoms with E-state index in [9.17, 15) is 14.9 Å². The van der Waals surface area contributed by atoms with Crippen LogP contribution in [0.4, 0.5) is 11.6 Å². The lowest BCUT2D eigenvalue weighted by atomic mass is 9.95. The molecule has 1 N–H and O–H groups in total. The number of ether oxygens (including phenoxy) is 1. The number of nitrogens with zero attached hydrogens (tertiary/aromatic N) is 4. The molecule has 3 rings (SSSR count). The second-order valence-electron chi connectivity index (χ2n) is 5.51. The van der Waals surface area contributed by atoms with Gasteiger partial charge in [0.05, 0.1) is 17.1 Å². The lowest BCUT2D eigenvalue weighted by molar-refractivity contribution is -0.384. The molecule has 0 amide bonds. The van der Waals surface area contributed by atoms with Gasteiger partial charge in [-0.3, -0.25) is 10.1 Å². The van der Waals surface area contributed by atoms with E-state index in [1.54, 1.807) is 30.7 Å². The standard InChI is InChI=1S/C16H17N5O4S/c1-4-25-14(22)12-9(2)17-15-18-16(26-3)19-20(15)13(12)10-6-5-7-11(8-10)21(23)24/h5-8,13H,4H2,1-3H3,(H,17,18,19)/t13-/m0/s1. The number of rotatable bonds is 5. The van der Waals surface area contributed by atoms with Gasteiger partial charge in [-0.15, -0.1) is 5.10 Å².